The van der Waals surface area contributed by atoms with Crippen LogP contribution < -0.4 is 5.32 Å². The van der Waals surface area contributed by atoms with E-state index in [4.69, 9.17) is 5.11 Å². The molecule has 1 unspecified atom stereocenters. The first kappa shape index (κ1) is 15.5. The molecule has 0 aliphatic carbocycles. The van der Waals surface area contributed by atoms with Gasteiger partial charge in [-0.2, -0.15) is 0 Å². The van der Waals surface area contributed by atoms with Crippen molar-refractivity contribution < 1.29 is 9.90 Å². The van der Waals surface area contributed by atoms with Gasteiger partial charge in [-0.15, -0.1) is 0 Å². The summed E-state index contributed by atoms with van der Waals surface area (Å²) in [4.78, 5) is 18.8. The van der Waals surface area contributed by atoms with Gasteiger partial charge in [-0.1, -0.05) is 11.8 Å². The van der Waals surface area contributed by atoms with Crippen LogP contribution in [0.3, 0.4) is 0 Å². The Bertz CT molecular complexity index is 542. The predicted octanol–water partition coefficient (Wildman–Crippen LogP) is 0.639. The quantitative estimate of drug-likeness (QED) is 0.798. The van der Waals surface area contributed by atoms with Gasteiger partial charge in [0.2, 0.25) is 0 Å². The average molecular weight is 287 g/mol. The number of nitrogens with one attached hydrogen (secondary N) is 1. The number of aromatic nitrogens is 1. The summed E-state index contributed by atoms with van der Waals surface area (Å²) in [6.45, 7) is 4.84. The zero-order valence-electron chi connectivity index (χ0n) is 12.3. The van der Waals surface area contributed by atoms with Gasteiger partial charge < -0.3 is 15.3 Å². The molecule has 1 fully saturated rings. The summed E-state index contributed by atoms with van der Waals surface area (Å²) in [5, 5.41) is 11.7. The molecule has 1 amide bonds. The maximum absolute atomic E-state index is 12.3. The molecule has 1 aliphatic rings. The summed E-state index contributed by atoms with van der Waals surface area (Å²) in [7, 11) is 0. The zero-order valence-corrected chi connectivity index (χ0v) is 12.3. The van der Waals surface area contributed by atoms with Crippen molar-refractivity contribution >= 4 is 5.91 Å². The van der Waals surface area contributed by atoms with Crippen LogP contribution in [-0.2, 0) is 0 Å². The van der Waals surface area contributed by atoms with Gasteiger partial charge in [-0.3, -0.25) is 4.79 Å². The lowest BCUT2D eigenvalue weighted by Crippen LogP contribution is -2.41. The topological polar surface area (TPSA) is 65.5 Å². The number of likely N-dealkylation sites (tertiary alicyclic amines) is 1. The van der Waals surface area contributed by atoms with Crippen molar-refractivity contribution in [3.8, 4) is 11.8 Å². The molecule has 5 nitrogen and oxygen atoms in total. The number of nitrogens with zero attached hydrogens (tertiary/aromatic N) is 2. The fourth-order valence-electron chi connectivity index (χ4n) is 2.51. The Morgan fingerprint density at radius 2 is 2.29 bits per heavy atom. The van der Waals surface area contributed by atoms with Crippen molar-refractivity contribution in [2.24, 2.45) is 0 Å². The van der Waals surface area contributed by atoms with Gasteiger partial charge in [-0.25, -0.2) is 4.98 Å². The Labute approximate surface area is 125 Å². The highest BCUT2D eigenvalue weighted by molar-refractivity contribution is 5.94. The van der Waals surface area contributed by atoms with E-state index in [1.165, 1.54) is 12.8 Å². The molecule has 1 aromatic rings. The maximum atomic E-state index is 12.3. The maximum Gasteiger partial charge on any atom is 0.271 e. The fourth-order valence-corrected chi connectivity index (χ4v) is 2.51. The van der Waals surface area contributed by atoms with E-state index in [-0.39, 0.29) is 18.6 Å². The number of aliphatic hydroxyl groups excluding tert-OH is 1. The van der Waals surface area contributed by atoms with Crippen molar-refractivity contribution in [3.05, 3.63) is 29.6 Å². The van der Waals surface area contributed by atoms with E-state index in [1.807, 2.05) is 6.92 Å². The number of rotatable bonds is 4. The van der Waals surface area contributed by atoms with Crippen LogP contribution in [0, 0.1) is 11.8 Å². The fraction of sp³-hybridized carbons (Fsp3) is 0.500. The second kappa shape index (κ2) is 7.77. The summed E-state index contributed by atoms with van der Waals surface area (Å²) in [6.07, 6.45) is 4.05. The van der Waals surface area contributed by atoms with Crippen LogP contribution >= 0.6 is 0 Å². The summed E-state index contributed by atoms with van der Waals surface area (Å²) in [5.41, 5.74) is 0.851. The molecular weight excluding hydrogens is 266 g/mol. The van der Waals surface area contributed by atoms with E-state index >= 15 is 0 Å². The van der Waals surface area contributed by atoms with Gasteiger partial charge in [0, 0.05) is 18.8 Å². The third-order valence-electron chi connectivity index (χ3n) is 3.43. The third-order valence-corrected chi connectivity index (χ3v) is 3.43. The molecule has 112 valence electrons. The molecule has 1 aliphatic heterocycles. The lowest BCUT2D eigenvalue weighted by atomic mass is 10.1. The van der Waals surface area contributed by atoms with Crippen LogP contribution in [0.15, 0.2) is 18.3 Å². The van der Waals surface area contributed by atoms with Crippen LogP contribution in [0.2, 0.25) is 0 Å². The van der Waals surface area contributed by atoms with E-state index in [2.05, 4.69) is 27.0 Å². The number of hydrogen-bond donors (Lipinski definition) is 2. The van der Waals surface area contributed by atoms with Crippen molar-refractivity contribution in [1.82, 2.24) is 15.2 Å². The minimum atomic E-state index is -0.235. The number of amides is 1. The molecule has 2 heterocycles. The molecule has 0 spiro atoms. The Balaban J connectivity index is 1.99. The van der Waals surface area contributed by atoms with Crippen LogP contribution in [0.1, 0.15) is 35.8 Å². The Kier molecular flexibility index (Phi) is 5.73. The van der Waals surface area contributed by atoms with Gasteiger partial charge in [0.1, 0.15) is 12.3 Å². The van der Waals surface area contributed by atoms with Gasteiger partial charge in [0.15, 0.2) is 0 Å². The van der Waals surface area contributed by atoms with Crippen molar-refractivity contribution in [3.63, 3.8) is 0 Å². The summed E-state index contributed by atoms with van der Waals surface area (Å²) < 4.78 is 0. The molecule has 0 aromatic carbocycles. The highest BCUT2D eigenvalue weighted by Crippen LogP contribution is 2.08. The number of hydrogen-bond acceptors (Lipinski definition) is 4. The summed E-state index contributed by atoms with van der Waals surface area (Å²) in [6, 6.07) is 3.53. The standard InChI is InChI=1S/C16H21N3O2/c1-13(12-19-9-2-3-10-19)18-16(21)15-14(7-5-11-20)6-4-8-17-15/h4,6,8,13,20H,2-3,9-12H2,1H3,(H,18,21). The first-order valence-electron chi connectivity index (χ1n) is 7.28. The van der Waals surface area contributed by atoms with Gasteiger partial charge in [0.05, 0.1) is 5.56 Å². The van der Waals surface area contributed by atoms with Crippen molar-refractivity contribution in [2.45, 2.75) is 25.8 Å². The smallest absolute Gasteiger partial charge is 0.271 e. The van der Waals surface area contributed by atoms with Crippen molar-refractivity contribution in [1.29, 1.82) is 0 Å². The van der Waals surface area contributed by atoms with E-state index < -0.39 is 0 Å². The van der Waals surface area contributed by atoms with Gasteiger partial charge in [0.25, 0.3) is 5.91 Å². The van der Waals surface area contributed by atoms with Crippen LogP contribution in [-0.4, -0.2) is 53.2 Å². The molecule has 2 N–H and O–H groups in total. The summed E-state index contributed by atoms with van der Waals surface area (Å²) in [5.74, 6) is 5.09. The first-order valence-corrected chi connectivity index (χ1v) is 7.28. The van der Waals surface area contributed by atoms with Crippen LogP contribution in [0.25, 0.3) is 0 Å². The highest BCUT2D eigenvalue weighted by Gasteiger charge is 2.18. The molecule has 5 heteroatoms. The molecule has 1 atom stereocenters. The SMILES string of the molecule is CC(CN1CCCC1)NC(=O)c1ncccc1C#CCO. The second-order valence-electron chi connectivity index (χ2n) is 5.24. The number of carbonyl (C=O) groups excluding carboxylic acids is 1. The lowest BCUT2D eigenvalue weighted by molar-refractivity contribution is 0.0926. The molecule has 2 rings (SSSR count). The lowest BCUT2D eigenvalue weighted by Gasteiger charge is -2.21. The Morgan fingerprint density at radius 1 is 1.52 bits per heavy atom. The minimum Gasteiger partial charge on any atom is -0.384 e. The van der Waals surface area contributed by atoms with Gasteiger partial charge in [-0.05, 0) is 45.0 Å². The normalized spacial score (nSPS) is 16.1. The molecule has 0 radical (unpaired) electrons. The molecule has 1 saturated heterocycles. The summed E-state index contributed by atoms with van der Waals surface area (Å²) >= 11 is 0. The molecule has 1 aromatic heterocycles. The molecule has 21 heavy (non-hydrogen) atoms. The zero-order chi connectivity index (χ0) is 15.1. The molecule has 0 bridgehead atoms. The predicted molar refractivity (Wildman–Crippen MR) is 80.8 cm³/mol. The van der Waals surface area contributed by atoms with Gasteiger partial charge >= 0.3 is 0 Å². The van der Waals surface area contributed by atoms with E-state index in [9.17, 15) is 4.79 Å². The Morgan fingerprint density at radius 3 is 3.00 bits per heavy atom. The minimum absolute atomic E-state index is 0.0660. The van der Waals surface area contributed by atoms with E-state index in [0.29, 0.717) is 11.3 Å². The van der Waals surface area contributed by atoms with E-state index in [1.54, 1.807) is 18.3 Å². The third kappa shape index (κ3) is 4.55. The monoisotopic (exact) mass is 287 g/mol. The molecule has 0 saturated carbocycles. The van der Waals surface area contributed by atoms with Crippen LogP contribution in [0.4, 0.5) is 0 Å². The second-order valence-corrected chi connectivity index (χ2v) is 5.24. The largest absolute Gasteiger partial charge is 0.384 e. The molecular formula is C16H21N3O2. The number of pyridine rings is 1. The van der Waals surface area contributed by atoms with Crippen molar-refractivity contribution in [2.75, 3.05) is 26.2 Å². The number of carbonyl (C=O) groups is 1. The average Bonchev–Trinajstić information content (AvgIpc) is 2.98. The number of aliphatic hydroxyl groups is 1. The van der Waals surface area contributed by atoms with Crippen LogP contribution in [0.5, 0.6) is 0 Å². The van der Waals surface area contributed by atoms with E-state index in [0.717, 1.165) is 19.6 Å². The Hall–Kier alpha value is -1.90. The first-order chi connectivity index (χ1) is 10.2. The highest BCUT2D eigenvalue weighted by atomic mass is 16.2.